The van der Waals surface area contributed by atoms with Crippen LogP contribution in [-0.2, 0) is 11.2 Å². The molecular weight excluding hydrogens is 169 g/mol. The summed E-state index contributed by atoms with van der Waals surface area (Å²) in [5.74, 6) is -0.0390. The van der Waals surface area contributed by atoms with Crippen LogP contribution in [-0.4, -0.2) is 10.8 Å². The van der Waals surface area contributed by atoms with Crippen molar-refractivity contribution in [3.8, 4) is 0 Å². The fourth-order valence-corrected chi connectivity index (χ4v) is 1.30. The highest BCUT2D eigenvalue weighted by Gasteiger charge is 2.29. The normalized spacial score (nSPS) is 15.8. The molecule has 2 nitrogen and oxygen atoms in total. The number of ketones is 1. The van der Waals surface area contributed by atoms with Crippen molar-refractivity contribution in [2.45, 2.75) is 19.3 Å². The predicted molar refractivity (Wildman–Crippen MR) is 45.6 cm³/mol. The molecule has 1 aliphatic rings. The molecule has 0 unspecified atom stereocenters. The maximum atomic E-state index is 12.6. The van der Waals surface area contributed by atoms with Gasteiger partial charge in [0.15, 0.2) is 0 Å². The third kappa shape index (κ3) is 2.11. The lowest BCUT2D eigenvalue weighted by Crippen LogP contribution is -2.04. The van der Waals surface area contributed by atoms with Crippen molar-refractivity contribution in [3.63, 3.8) is 0 Å². The second kappa shape index (κ2) is 3.24. The fraction of sp³-hybridized carbons (Fsp3) is 0.400. The van der Waals surface area contributed by atoms with Gasteiger partial charge in [-0.15, -0.1) is 0 Å². The van der Waals surface area contributed by atoms with Crippen LogP contribution >= 0.6 is 0 Å². The number of nitrogens with zero attached hydrogens (tertiary/aromatic N) is 1. The van der Waals surface area contributed by atoms with Gasteiger partial charge in [-0.1, -0.05) is 0 Å². The van der Waals surface area contributed by atoms with Gasteiger partial charge in [-0.2, -0.15) is 4.39 Å². The zero-order valence-corrected chi connectivity index (χ0v) is 7.16. The number of hydrogen-bond donors (Lipinski definition) is 0. The molecule has 1 saturated carbocycles. The van der Waals surface area contributed by atoms with E-state index in [1.54, 1.807) is 6.07 Å². The second-order valence-electron chi connectivity index (χ2n) is 3.40. The van der Waals surface area contributed by atoms with E-state index in [4.69, 9.17) is 0 Å². The van der Waals surface area contributed by atoms with Gasteiger partial charge in [-0.25, -0.2) is 4.98 Å². The average Bonchev–Trinajstić information content (AvgIpc) is 2.85. The highest BCUT2D eigenvalue weighted by molar-refractivity contribution is 5.85. The molecule has 0 radical (unpaired) electrons. The largest absolute Gasteiger partial charge is 0.299 e. The van der Waals surface area contributed by atoms with E-state index in [1.807, 2.05) is 0 Å². The first-order valence-corrected chi connectivity index (χ1v) is 4.39. The molecule has 68 valence electrons. The molecule has 3 heteroatoms. The molecule has 0 bridgehead atoms. The maximum Gasteiger partial charge on any atom is 0.213 e. The summed E-state index contributed by atoms with van der Waals surface area (Å²) >= 11 is 0. The van der Waals surface area contributed by atoms with Crippen molar-refractivity contribution < 1.29 is 9.18 Å². The Labute approximate surface area is 75.8 Å². The van der Waals surface area contributed by atoms with Gasteiger partial charge < -0.3 is 0 Å². The Morgan fingerprint density at radius 2 is 2.38 bits per heavy atom. The number of hydrogen-bond acceptors (Lipinski definition) is 2. The van der Waals surface area contributed by atoms with Gasteiger partial charge in [0.1, 0.15) is 5.78 Å². The number of rotatable bonds is 3. The minimum absolute atomic E-state index is 0.227. The Bertz CT molecular complexity index is 333. The molecule has 0 aromatic carbocycles. The topological polar surface area (TPSA) is 30.0 Å². The summed E-state index contributed by atoms with van der Waals surface area (Å²) in [6.45, 7) is 0. The van der Waals surface area contributed by atoms with E-state index < -0.39 is 5.95 Å². The molecule has 0 amide bonds. The van der Waals surface area contributed by atoms with Crippen molar-refractivity contribution in [1.29, 1.82) is 0 Å². The van der Waals surface area contributed by atoms with Crippen LogP contribution < -0.4 is 0 Å². The smallest absolute Gasteiger partial charge is 0.213 e. The zero-order chi connectivity index (χ0) is 9.26. The third-order valence-electron chi connectivity index (χ3n) is 2.20. The van der Waals surface area contributed by atoms with Gasteiger partial charge in [0.2, 0.25) is 5.95 Å². The Morgan fingerprint density at radius 3 is 3.00 bits per heavy atom. The monoisotopic (exact) mass is 179 g/mol. The molecule has 1 aliphatic carbocycles. The molecule has 0 spiro atoms. The predicted octanol–water partition coefficient (Wildman–Crippen LogP) is 1.74. The lowest BCUT2D eigenvalue weighted by molar-refractivity contribution is -0.119. The van der Waals surface area contributed by atoms with Gasteiger partial charge in [0, 0.05) is 18.5 Å². The number of carbonyl (C=O) groups is 1. The number of carbonyl (C=O) groups excluding carboxylic acids is 1. The minimum atomic E-state index is -0.513. The number of aromatic nitrogens is 1. The highest BCUT2D eigenvalue weighted by Crippen LogP contribution is 2.30. The molecule has 0 N–H and O–H groups in total. The third-order valence-corrected chi connectivity index (χ3v) is 2.20. The van der Waals surface area contributed by atoms with Crippen LogP contribution in [0.15, 0.2) is 18.3 Å². The number of halogens is 1. The van der Waals surface area contributed by atoms with Gasteiger partial charge in [-0.3, -0.25) is 4.79 Å². The standard InChI is InChI=1S/C10H10FNO/c11-10-6-7(3-4-12-10)5-9(13)8-1-2-8/h3-4,6,8H,1-2,5H2. The lowest BCUT2D eigenvalue weighted by Gasteiger charge is -1.98. The summed E-state index contributed by atoms with van der Waals surface area (Å²) in [7, 11) is 0. The first-order chi connectivity index (χ1) is 6.25. The van der Waals surface area contributed by atoms with E-state index in [1.165, 1.54) is 12.3 Å². The second-order valence-corrected chi connectivity index (χ2v) is 3.40. The Morgan fingerprint density at radius 1 is 1.62 bits per heavy atom. The summed E-state index contributed by atoms with van der Waals surface area (Å²) in [5, 5.41) is 0. The molecule has 1 aromatic rings. The molecule has 1 fully saturated rings. The van der Waals surface area contributed by atoms with E-state index in [9.17, 15) is 9.18 Å². The molecule has 0 saturated heterocycles. The Kier molecular flexibility index (Phi) is 2.08. The van der Waals surface area contributed by atoms with Crippen LogP contribution in [0.4, 0.5) is 4.39 Å². The van der Waals surface area contributed by atoms with Crippen LogP contribution in [0.25, 0.3) is 0 Å². The zero-order valence-electron chi connectivity index (χ0n) is 7.16. The lowest BCUT2D eigenvalue weighted by atomic mass is 10.1. The summed E-state index contributed by atoms with van der Waals surface area (Å²) in [6.07, 6.45) is 3.76. The van der Waals surface area contributed by atoms with Crippen molar-refractivity contribution in [2.75, 3.05) is 0 Å². The molecule has 1 heterocycles. The van der Waals surface area contributed by atoms with Gasteiger partial charge in [0.25, 0.3) is 0 Å². The van der Waals surface area contributed by atoms with Gasteiger partial charge >= 0.3 is 0 Å². The Balaban J connectivity index is 2.04. The highest BCUT2D eigenvalue weighted by atomic mass is 19.1. The van der Waals surface area contributed by atoms with Crippen LogP contribution in [0.5, 0.6) is 0 Å². The molecule has 13 heavy (non-hydrogen) atoms. The van der Waals surface area contributed by atoms with E-state index in [0.717, 1.165) is 18.4 Å². The average molecular weight is 179 g/mol. The van der Waals surface area contributed by atoms with Crippen molar-refractivity contribution >= 4 is 5.78 Å². The summed E-state index contributed by atoms with van der Waals surface area (Å²) in [5.41, 5.74) is 0.726. The fourth-order valence-electron chi connectivity index (χ4n) is 1.30. The summed E-state index contributed by atoms with van der Waals surface area (Å²) < 4.78 is 12.6. The number of Topliss-reactive ketones (excluding diaryl/α,β-unsaturated/α-hetero) is 1. The van der Waals surface area contributed by atoms with Crippen LogP contribution in [0.3, 0.4) is 0 Å². The van der Waals surface area contributed by atoms with Crippen LogP contribution in [0.1, 0.15) is 18.4 Å². The maximum absolute atomic E-state index is 12.6. The first kappa shape index (κ1) is 8.35. The Hall–Kier alpha value is -1.25. The van der Waals surface area contributed by atoms with E-state index >= 15 is 0 Å². The van der Waals surface area contributed by atoms with Crippen LogP contribution in [0, 0.1) is 11.9 Å². The minimum Gasteiger partial charge on any atom is -0.299 e. The van der Waals surface area contributed by atoms with E-state index in [-0.39, 0.29) is 11.7 Å². The SMILES string of the molecule is O=C(Cc1ccnc(F)c1)C1CC1. The van der Waals surface area contributed by atoms with Crippen molar-refractivity contribution in [3.05, 3.63) is 29.8 Å². The molecule has 0 atom stereocenters. The van der Waals surface area contributed by atoms with Crippen molar-refractivity contribution in [1.82, 2.24) is 4.98 Å². The molecule has 0 aliphatic heterocycles. The van der Waals surface area contributed by atoms with E-state index in [2.05, 4.69) is 4.98 Å². The van der Waals surface area contributed by atoms with Crippen molar-refractivity contribution in [2.24, 2.45) is 5.92 Å². The number of pyridine rings is 1. The summed E-state index contributed by atoms with van der Waals surface area (Å²) in [4.78, 5) is 14.8. The summed E-state index contributed by atoms with van der Waals surface area (Å²) in [6, 6.07) is 3.00. The van der Waals surface area contributed by atoms with Crippen LogP contribution in [0.2, 0.25) is 0 Å². The van der Waals surface area contributed by atoms with Gasteiger partial charge in [-0.05, 0) is 30.5 Å². The quantitative estimate of drug-likeness (QED) is 0.661. The molecule has 1 aromatic heterocycles. The van der Waals surface area contributed by atoms with Gasteiger partial charge in [0.05, 0.1) is 0 Å². The first-order valence-electron chi connectivity index (χ1n) is 4.39. The van der Waals surface area contributed by atoms with E-state index in [0.29, 0.717) is 6.42 Å². The molecule has 2 rings (SSSR count). The molecular formula is C10H10FNO.